The summed E-state index contributed by atoms with van der Waals surface area (Å²) in [4.78, 5) is 19.9. The lowest BCUT2D eigenvalue weighted by Crippen LogP contribution is -2.20. The minimum absolute atomic E-state index is 0.0447. The van der Waals surface area contributed by atoms with Crippen LogP contribution in [-0.2, 0) is 6.54 Å². The molecule has 0 unspecified atom stereocenters. The first kappa shape index (κ1) is 19.5. The van der Waals surface area contributed by atoms with E-state index < -0.39 is 18.6 Å². The van der Waals surface area contributed by atoms with Crippen LogP contribution in [0.2, 0.25) is 0 Å². The number of imidazole rings is 1. The van der Waals surface area contributed by atoms with Gasteiger partial charge in [-0.2, -0.15) is 13.2 Å². The first-order valence-electron chi connectivity index (χ1n) is 8.20. The van der Waals surface area contributed by atoms with Gasteiger partial charge in [0.05, 0.1) is 19.1 Å². The van der Waals surface area contributed by atoms with E-state index in [1.54, 1.807) is 19.1 Å². The maximum Gasteiger partial charge on any atom is 0.406 e. The fourth-order valence-electron chi connectivity index (χ4n) is 3.27. The summed E-state index contributed by atoms with van der Waals surface area (Å²) in [6.45, 7) is 2.28. The Morgan fingerprint density at radius 2 is 1.93 bits per heavy atom. The smallest absolute Gasteiger partial charge is 0.406 e. The molecule has 0 aliphatic carbocycles. The first-order chi connectivity index (χ1) is 13.0. The number of benzene rings is 1. The summed E-state index contributed by atoms with van der Waals surface area (Å²) in [7, 11) is 1.50. The van der Waals surface area contributed by atoms with E-state index in [0.717, 1.165) is 16.5 Å². The topological polar surface area (TPSA) is 109 Å². The molecule has 0 bridgehead atoms. The second kappa shape index (κ2) is 6.70. The number of nitrogens with two attached hydrogens (primary N) is 2. The number of halogens is 3. The van der Waals surface area contributed by atoms with Crippen LogP contribution >= 0.6 is 0 Å². The summed E-state index contributed by atoms with van der Waals surface area (Å²) in [5, 5.41) is 0. The Balaban J connectivity index is 2.43. The molecule has 10 heteroatoms. The molecule has 2 heterocycles. The van der Waals surface area contributed by atoms with Crippen LogP contribution in [0.3, 0.4) is 0 Å². The predicted octanol–water partition coefficient (Wildman–Crippen LogP) is 2.97. The number of anilines is 1. The normalized spacial score (nSPS) is 11.8. The highest BCUT2D eigenvalue weighted by Gasteiger charge is 2.31. The highest BCUT2D eigenvalue weighted by molar-refractivity contribution is 6.07. The molecule has 0 aliphatic heterocycles. The number of aryl methyl sites for hydroxylation is 1. The van der Waals surface area contributed by atoms with Crippen molar-refractivity contribution in [2.24, 2.45) is 5.73 Å². The monoisotopic (exact) mass is 393 g/mol. The number of methoxy groups -OCH3 is 1. The van der Waals surface area contributed by atoms with Gasteiger partial charge in [-0.25, -0.2) is 9.97 Å². The van der Waals surface area contributed by atoms with Crippen molar-refractivity contribution < 1.29 is 22.7 Å². The SMILES string of the molecule is COc1ccc(C)c(-c2c(N)c(C(N)=O)nc3c2ncn3CC(F)(F)F)c1C. The molecule has 0 atom stereocenters. The number of hydrogen-bond donors (Lipinski definition) is 2. The zero-order valence-electron chi connectivity index (χ0n) is 15.4. The molecular formula is C18H18F3N5O2. The average molecular weight is 393 g/mol. The molecule has 148 valence electrons. The predicted molar refractivity (Wildman–Crippen MR) is 98.0 cm³/mol. The maximum atomic E-state index is 12.9. The van der Waals surface area contributed by atoms with Crippen molar-refractivity contribution in [3.63, 3.8) is 0 Å². The summed E-state index contributed by atoms with van der Waals surface area (Å²) in [6, 6.07) is 3.55. The highest BCUT2D eigenvalue weighted by atomic mass is 19.4. The summed E-state index contributed by atoms with van der Waals surface area (Å²) in [5.74, 6) is -0.390. The van der Waals surface area contributed by atoms with Crippen LogP contribution in [0.5, 0.6) is 5.75 Å². The number of nitrogens with zero attached hydrogens (tertiary/aromatic N) is 3. The molecule has 0 aliphatic rings. The number of amides is 1. The third-order valence-electron chi connectivity index (χ3n) is 4.47. The van der Waals surface area contributed by atoms with Gasteiger partial charge in [0.1, 0.15) is 17.8 Å². The second-order valence-electron chi connectivity index (χ2n) is 6.36. The molecule has 3 aromatic rings. The molecule has 0 radical (unpaired) electrons. The zero-order valence-corrected chi connectivity index (χ0v) is 15.4. The van der Waals surface area contributed by atoms with Gasteiger partial charge < -0.3 is 20.8 Å². The van der Waals surface area contributed by atoms with E-state index in [2.05, 4.69) is 9.97 Å². The molecule has 3 rings (SSSR count). The number of hydrogen-bond acceptors (Lipinski definition) is 5. The molecule has 0 spiro atoms. The number of nitrogen functional groups attached to an aromatic ring is 1. The van der Waals surface area contributed by atoms with Gasteiger partial charge in [0.25, 0.3) is 5.91 Å². The van der Waals surface area contributed by atoms with Gasteiger partial charge in [0, 0.05) is 5.56 Å². The van der Waals surface area contributed by atoms with Crippen LogP contribution < -0.4 is 16.2 Å². The van der Waals surface area contributed by atoms with E-state index in [0.29, 0.717) is 22.4 Å². The third-order valence-corrected chi connectivity index (χ3v) is 4.47. The molecule has 1 amide bonds. The average Bonchev–Trinajstić information content (AvgIpc) is 2.96. The lowest BCUT2D eigenvalue weighted by molar-refractivity contribution is -0.140. The van der Waals surface area contributed by atoms with Crippen LogP contribution in [0.25, 0.3) is 22.3 Å². The first-order valence-corrected chi connectivity index (χ1v) is 8.20. The number of carbonyl (C=O) groups is 1. The number of primary amides is 1. The Morgan fingerprint density at radius 1 is 1.25 bits per heavy atom. The van der Waals surface area contributed by atoms with Gasteiger partial charge in [-0.1, -0.05) is 6.07 Å². The number of ether oxygens (including phenoxy) is 1. The Morgan fingerprint density at radius 3 is 2.50 bits per heavy atom. The van der Waals surface area contributed by atoms with Crippen molar-refractivity contribution in [2.45, 2.75) is 26.6 Å². The van der Waals surface area contributed by atoms with E-state index in [1.807, 2.05) is 6.92 Å². The zero-order chi connectivity index (χ0) is 20.8. The lowest BCUT2D eigenvalue weighted by atomic mass is 9.93. The number of alkyl halides is 3. The van der Waals surface area contributed by atoms with Crippen molar-refractivity contribution in [1.82, 2.24) is 14.5 Å². The van der Waals surface area contributed by atoms with Crippen LogP contribution in [0.15, 0.2) is 18.5 Å². The molecule has 7 nitrogen and oxygen atoms in total. The summed E-state index contributed by atoms with van der Waals surface area (Å²) < 4.78 is 44.9. The van der Waals surface area contributed by atoms with Crippen LogP contribution in [0.1, 0.15) is 21.6 Å². The molecule has 0 fully saturated rings. The van der Waals surface area contributed by atoms with Crippen molar-refractivity contribution in [3.05, 3.63) is 35.3 Å². The Hall–Kier alpha value is -3.30. The van der Waals surface area contributed by atoms with Crippen molar-refractivity contribution in [2.75, 3.05) is 12.8 Å². The Labute approximate surface area is 158 Å². The van der Waals surface area contributed by atoms with Crippen molar-refractivity contribution >= 4 is 22.8 Å². The molecule has 28 heavy (non-hydrogen) atoms. The Kier molecular flexibility index (Phi) is 4.66. The quantitative estimate of drug-likeness (QED) is 0.708. The van der Waals surface area contributed by atoms with E-state index in [4.69, 9.17) is 16.2 Å². The van der Waals surface area contributed by atoms with E-state index >= 15 is 0 Å². The summed E-state index contributed by atoms with van der Waals surface area (Å²) >= 11 is 0. The second-order valence-corrected chi connectivity index (χ2v) is 6.36. The van der Waals surface area contributed by atoms with E-state index in [1.165, 1.54) is 7.11 Å². The fraction of sp³-hybridized carbons (Fsp3) is 0.278. The van der Waals surface area contributed by atoms with Crippen LogP contribution in [-0.4, -0.2) is 33.7 Å². The fourth-order valence-corrected chi connectivity index (χ4v) is 3.27. The molecule has 0 saturated heterocycles. The van der Waals surface area contributed by atoms with E-state index in [9.17, 15) is 18.0 Å². The van der Waals surface area contributed by atoms with Gasteiger partial charge in [-0.15, -0.1) is 0 Å². The lowest BCUT2D eigenvalue weighted by Gasteiger charge is -2.17. The molecular weight excluding hydrogens is 375 g/mol. The minimum Gasteiger partial charge on any atom is -0.496 e. The molecule has 1 aromatic carbocycles. The number of aromatic nitrogens is 3. The molecule has 2 aromatic heterocycles. The van der Waals surface area contributed by atoms with Crippen molar-refractivity contribution in [3.8, 4) is 16.9 Å². The van der Waals surface area contributed by atoms with Gasteiger partial charge in [-0.05, 0) is 36.6 Å². The van der Waals surface area contributed by atoms with Gasteiger partial charge >= 0.3 is 6.18 Å². The minimum atomic E-state index is -4.49. The third kappa shape index (κ3) is 3.21. The number of carbonyl (C=O) groups excluding carboxylic acids is 1. The number of fused-ring (bicyclic) bond motifs is 1. The maximum absolute atomic E-state index is 12.9. The van der Waals surface area contributed by atoms with Crippen molar-refractivity contribution in [1.29, 1.82) is 0 Å². The number of pyridine rings is 1. The van der Waals surface area contributed by atoms with Gasteiger partial charge in [0.2, 0.25) is 0 Å². The van der Waals surface area contributed by atoms with Crippen LogP contribution in [0.4, 0.5) is 18.9 Å². The molecule has 4 N–H and O–H groups in total. The summed E-state index contributed by atoms with van der Waals surface area (Å²) in [5.41, 5.74) is 13.6. The summed E-state index contributed by atoms with van der Waals surface area (Å²) in [6.07, 6.45) is -3.48. The Bertz CT molecular complexity index is 1090. The van der Waals surface area contributed by atoms with E-state index in [-0.39, 0.29) is 22.5 Å². The molecule has 0 saturated carbocycles. The van der Waals surface area contributed by atoms with Gasteiger partial charge in [-0.3, -0.25) is 4.79 Å². The van der Waals surface area contributed by atoms with Crippen LogP contribution in [0, 0.1) is 13.8 Å². The highest BCUT2D eigenvalue weighted by Crippen LogP contribution is 2.40. The standard InChI is InChI=1S/C18H18F3N5O2/c1-8-4-5-10(28-3)9(2)11(8)12-13(22)15(16(23)27)25-17-14(12)24-7-26(17)6-18(19,20)21/h4-5,7H,6,22H2,1-3H3,(H2,23,27). The van der Waals surface area contributed by atoms with Gasteiger partial charge in [0.15, 0.2) is 11.3 Å². The number of rotatable bonds is 4. The largest absolute Gasteiger partial charge is 0.496 e.